The van der Waals surface area contributed by atoms with Gasteiger partial charge in [0.1, 0.15) is 6.61 Å². The van der Waals surface area contributed by atoms with E-state index in [0.29, 0.717) is 17.6 Å². The molecule has 0 saturated carbocycles. The average molecular weight is 442 g/mol. The molecule has 31 heavy (non-hydrogen) atoms. The fourth-order valence-corrected chi connectivity index (χ4v) is 5.27. The number of Topliss-reactive ketones (excluding diaryl/α,β-unsaturated/α-hetero) is 1. The third-order valence-electron chi connectivity index (χ3n) is 6.33. The van der Waals surface area contributed by atoms with Crippen molar-refractivity contribution in [2.75, 3.05) is 19.5 Å². The number of carbonyl (C=O) groups excluding carboxylic acids is 2. The summed E-state index contributed by atoms with van der Waals surface area (Å²) in [5.74, 6) is -0.675. The Morgan fingerprint density at radius 1 is 1.26 bits per heavy atom. The molecule has 5 nitrogen and oxygen atoms in total. The third-order valence-corrected chi connectivity index (χ3v) is 7.08. The summed E-state index contributed by atoms with van der Waals surface area (Å²) in [6, 6.07) is 8.15. The van der Waals surface area contributed by atoms with Gasteiger partial charge in [-0.25, -0.2) is 4.79 Å². The predicted octanol–water partition coefficient (Wildman–Crippen LogP) is 4.73. The van der Waals surface area contributed by atoms with Gasteiger partial charge in [0.25, 0.3) is 0 Å². The van der Waals surface area contributed by atoms with Gasteiger partial charge >= 0.3 is 5.97 Å². The van der Waals surface area contributed by atoms with Crippen molar-refractivity contribution in [1.82, 2.24) is 5.32 Å². The highest BCUT2D eigenvalue weighted by Crippen LogP contribution is 2.47. The number of esters is 1. The van der Waals surface area contributed by atoms with Crippen LogP contribution in [0.3, 0.4) is 0 Å². The van der Waals surface area contributed by atoms with Crippen LogP contribution in [0.25, 0.3) is 0 Å². The van der Waals surface area contributed by atoms with E-state index >= 15 is 0 Å². The van der Waals surface area contributed by atoms with Crippen molar-refractivity contribution >= 4 is 23.5 Å². The molecule has 1 aromatic rings. The van der Waals surface area contributed by atoms with E-state index in [9.17, 15) is 9.59 Å². The largest absolute Gasteiger partial charge is 0.459 e. The van der Waals surface area contributed by atoms with Crippen molar-refractivity contribution in [2.45, 2.75) is 63.4 Å². The molecule has 166 valence electrons. The predicted molar refractivity (Wildman–Crippen MR) is 122 cm³/mol. The molecule has 0 unspecified atom stereocenters. The zero-order valence-electron chi connectivity index (χ0n) is 18.7. The molecule has 0 amide bonds. The van der Waals surface area contributed by atoms with Gasteiger partial charge in [-0.2, -0.15) is 0 Å². The maximum absolute atomic E-state index is 13.3. The van der Waals surface area contributed by atoms with E-state index in [1.54, 1.807) is 11.8 Å². The van der Waals surface area contributed by atoms with Gasteiger partial charge in [0.05, 0.1) is 11.7 Å². The SMILES string of the molecule is CSc1ccc([C@H]2C(C(=O)OC[C@@H]3CCCO3)=C(C)NC3=C2C(=O)CC(C)(C)C3)cc1. The normalized spacial score (nSPS) is 25.4. The summed E-state index contributed by atoms with van der Waals surface area (Å²) in [7, 11) is 0. The van der Waals surface area contributed by atoms with Crippen molar-refractivity contribution in [3.63, 3.8) is 0 Å². The van der Waals surface area contributed by atoms with Gasteiger partial charge in [0, 0.05) is 40.8 Å². The Labute approximate surface area is 188 Å². The molecule has 2 aliphatic heterocycles. The smallest absolute Gasteiger partial charge is 0.336 e. The Kier molecular flexibility index (Phi) is 6.31. The minimum Gasteiger partial charge on any atom is -0.459 e. The summed E-state index contributed by atoms with van der Waals surface area (Å²) in [5, 5.41) is 3.39. The van der Waals surface area contributed by atoms with E-state index < -0.39 is 5.92 Å². The standard InChI is InChI=1S/C25H31NO4S/c1-15-21(24(28)30-14-17-6-5-11-29-17)22(16-7-9-18(31-4)10-8-16)23-19(26-15)12-25(2,3)13-20(23)27/h7-10,17,22,26H,5-6,11-14H2,1-4H3/t17-,22-/m0/s1. The van der Waals surface area contributed by atoms with Gasteiger partial charge in [0.15, 0.2) is 5.78 Å². The molecule has 1 aliphatic carbocycles. The van der Waals surface area contributed by atoms with E-state index in [2.05, 4.69) is 19.2 Å². The number of rotatable bonds is 5. The topological polar surface area (TPSA) is 64.6 Å². The molecule has 1 saturated heterocycles. The molecule has 0 radical (unpaired) electrons. The molecule has 2 heterocycles. The number of nitrogens with one attached hydrogen (secondary N) is 1. The van der Waals surface area contributed by atoms with Crippen molar-refractivity contribution in [3.8, 4) is 0 Å². The summed E-state index contributed by atoms with van der Waals surface area (Å²) in [6.07, 6.45) is 5.16. The number of carbonyl (C=O) groups is 2. The van der Waals surface area contributed by atoms with Crippen LogP contribution in [0.15, 0.2) is 51.7 Å². The second-order valence-electron chi connectivity index (χ2n) is 9.44. The summed E-state index contributed by atoms with van der Waals surface area (Å²) < 4.78 is 11.3. The lowest BCUT2D eigenvalue weighted by molar-refractivity contribution is -0.142. The number of ketones is 1. The van der Waals surface area contributed by atoms with Crippen molar-refractivity contribution in [1.29, 1.82) is 0 Å². The monoisotopic (exact) mass is 441 g/mol. The first-order valence-electron chi connectivity index (χ1n) is 11.0. The van der Waals surface area contributed by atoms with Crippen molar-refractivity contribution in [2.24, 2.45) is 5.41 Å². The van der Waals surface area contributed by atoms with Gasteiger partial charge in [0.2, 0.25) is 0 Å². The van der Waals surface area contributed by atoms with Crippen LogP contribution in [-0.2, 0) is 19.1 Å². The molecule has 0 aromatic heterocycles. The van der Waals surface area contributed by atoms with Crippen LogP contribution in [0.5, 0.6) is 0 Å². The number of allylic oxidation sites excluding steroid dienone is 3. The van der Waals surface area contributed by atoms with E-state index in [1.165, 1.54) is 0 Å². The Morgan fingerprint density at radius 3 is 2.65 bits per heavy atom. The summed E-state index contributed by atoms with van der Waals surface area (Å²) in [4.78, 5) is 27.7. The van der Waals surface area contributed by atoms with Gasteiger partial charge in [-0.15, -0.1) is 11.8 Å². The van der Waals surface area contributed by atoms with Gasteiger partial charge in [-0.1, -0.05) is 26.0 Å². The van der Waals surface area contributed by atoms with E-state index in [1.807, 2.05) is 37.4 Å². The number of hydrogen-bond acceptors (Lipinski definition) is 6. The van der Waals surface area contributed by atoms with E-state index in [0.717, 1.165) is 47.7 Å². The summed E-state index contributed by atoms with van der Waals surface area (Å²) in [6.45, 7) is 7.10. The fourth-order valence-electron chi connectivity index (χ4n) is 4.86. The molecule has 3 aliphatic rings. The van der Waals surface area contributed by atoms with Crippen LogP contribution in [0.2, 0.25) is 0 Å². The molecule has 0 bridgehead atoms. The van der Waals surface area contributed by atoms with Crippen molar-refractivity contribution in [3.05, 3.63) is 52.4 Å². The molecule has 4 rings (SSSR count). The highest BCUT2D eigenvalue weighted by atomic mass is 32.2. The van der Waals surface area contributed by atoms with Gasteiger partial charge in [-0.3, -0.25) is 4.79 Å². The van der Waals surface area contributed by atoms with Gasteiger partial charge < -0.3 is 14.8 Å². The molecule has 2 atom stereocenters. The molecule has 6 heteroatoms. The lowest BCUT2D eigenvalue weighted by Crippen LogP contribution is -2.39. The molecule has 1 N–H and O–H groups in total. The molecular formula is C25H31NO4S. The number of thioether (sulfide) groups is 1. The maximum Gasteiger partial charge on any atom is 0.336 e. The minimum atomic E-state index is -0.409. The molecule has 1 aromatic carbocycles. The van der Waals surface area contributed by atoms with Crippen LogP contribution in [0.4, 0.5) is 0 Å². The van der Waals surface area contributed by atoms with E-state index in [-0.39, 0.29) is 29.9 Å². The number of ether oxygens (including phenoxy) is 2. The minimum absolute atomic E-state index is 0.0346. The average Bonchev–Trinajstić information content (AvgIpc) is 3.24. The quantitative estimate of drug-likeness (QED) is 0.526. The lowest BCUT2D eigenvalue weighted by atomic mass is 9.68. The van der Waals surface area contributed by atoms with Crippen LogP contribution >= 0.6 is 11.8 Å². The van der Waals surface area contributed by atoms with E-state index in [4.69, 9.17) is 9.47 Å². The van der Waals surface area contributed by atoms with Crippen LogP contribution in [0.1, 0.15) is 57.9 Å². The van der Waals surface area contributed by atoms with Crippen molar-refractivity contribution < 1.29 is 19.1 Å². The van der Waals surface area contributed by atoms with Crippen LogP contribution in [0, 0.1) is 5.41 Å². The Bertz CT molecular complexity index is 939. The second kappa shape index (κ2) is 8.83. The van der Waals surface area contributed by atoms with Crippen LogP contribution in [-0.4, -0.2) is 37.3 Å². The fraction of sp³-hybridized carbons (Fsp3) is 0.520. The summed E-state index contributed by atoms with van der Waals surface area (Å²) >= 11 is 1.67. The summed E-state index contributed by atoms with van der Waals surface area (Å²) in [5.41, 5.74) is 3.79. The zero-order valence-corrected chi connectivity index (χ0v) is 19.6. The number of dihydropyridines is 1. The number of benzene rings is 1. The molecule has 0 spiro atoms. The Hall–Kier alpha value is -2.05. The highest BCUT2D eigenvalue weighted by Gasteiger charge is 2.43. The zero-order chi connectivity index (χ0) is 22.2. The molecule has 1 fully saturated rings. The first-order valence-corrected chi connectivity index (χ1v) is 12.2. The second-order valence-corrected chi connectivity index (χ2v) is 10.3. The van der Waals surface area contributed by atoms with Gasteiger partial charge in [-0.05, 0) is 55.6 Å². The first-order chi connectivity index (χ1) is 14.8. The Balaban J connectivity index is 1.71. The van der Waals surface area contributed by atoms with Crippen LogP contribution < -0.4 is 5.32 Å². The highest BCUT2D eigenvalue weighted by molar-refractivity contribution is 7.98. The number of hydrogen-bond donors (Lipinski definition) is 1. The Morgan fingerprint density at radius 2 is 2.00 bits per heavy atom. The third kappa shape index (κ3) is 4.60. The first kappa shape index (κ1) is 22.2. The maximum atomic E-state index is 13.3. The molecular weight excluding hydrogens is 410 g/mol. The lowest BCUT2D eigenvalue weighted by Gasteiger charge is -2.39.